The van der Waals surface area contributed by atoms with Crippen molar-refractivity contribution >= 4 is 11.6 Å². The highest BCUT2D eigenvalue weighted by atomic mass is 19.1. The number of morpholine rings is 1. The Morgan fingerprint density at radius 3 is 2.54 bits per heavy atom. The SMILES string of the molecule is CCNC(=NCC(C)CN1CCOCC1)N1CCN(c2ccccc2F)CC1. The molecule has 0 aliphatic carbocycles. The normalized spacial score (nSPS) is 20.3. The minimum Gasteiger partial charge on any atom is -0.379 e. The number of ether oxygens (including phenoxy) is 1. The molecule has 0 amide bonds. The summed E-state index contributed by atoms with van der Waals surface area (Å²) in [6.07, 6.45) is 0. The lowest BCUT2D eigenvalue weighted by Crippen LogP contribution is -2.53. The van der Waals surface area contributed by atoms with Crippen LogP contribution in [-0.2, 0) is 4.74 Å². The van der Waals surface area contributed by atoms with Gasteiger partial charge < -0.3 is 19.9 Å². The average Bonchev–Trinajstić information content (AvgIpc) is 2.72. The molecule has 28 heavy (non-hydrogen) atoms. The Labute approximate surface area is 168 Å². The number of halogens is 1. The van der Waals surface area contributed by atoms with E-state index in [0.29, 0.717) is 11.6 Å². The second kappa shape index (κ2) is 10.6. The molecule has 2 aliphatic heterocycles. The van der Waals surface area contributed by atoms with Crippen molar-refractivity contribution < 1.29 is 9.13 Å². The number of rotatable bonds is 6. The first-order valence-electron chi connectivity index (χ1n) is 10.5. The largest absolute Gasteiger partial charge is 0.379 e. The second-order valence-electron chi connectivity index (χ2n) is 7.64. The van der Waals surface area contributed by atoms with Crippen LogP contribution in [0.1, 0.15) is 13.8 Å². The van der Waals surface area contributed by atoms with Crippen LogP contribution < -0.4 is 10.2 Å². The molecule has 1 unspecified atom stereocenters. The van der Waals surface area contributed by atoms with E-state index in [4.69, 9.17) is 9.73 Å². The van der Waals surface area contributed by atoms with Gasteiger partial charge in [-0.2, -0.15) is 0 Å². The zero-order valence-electron chi connectivity index (χ0n) is 17.2. The van der Waals surface area contributed by atoms with Crippen LogP contribution in [0.3, 0.4) is 0 Å². The Morgan fingerprint density at radius 1 is 1.14 bits per heavy atom. The van der Waals surface area contributed by atoms with Crippen LogP contribution in [0.2, 0.25) is 0 Å². The number of hydrogen-bond acceptors (Lipinski definition) is 4. The smallest absolute Gasteiger partial charge is 0.194 e. The number of aliphatic imine (C=N–C) groups is 1. The number of piperazine rings is 1. The van der Waals surface area contributed by atoms with Crippen molar-refractivity contribution in [3.05, 3.63) is 30.1 Å². The van der Waals surface area contributed by atoms with Gasteiger partial charge in [-0.05, 0) is 25.0 Å². The lowest BCUT2D eigenvalue weighted by Gasteiger charge is -2.38. The fourth-order valence-corrected chi connectivity index (χ4v) is 3.82. The summed E-state index contributed by atoms with van der Waals surface area (Å²) in [6.45, 7) is 14.1. The second-order valence-corrected chi connectivity index (χ2v) is 7.64. The Morgan fingerprint density at radius 2 is 1.86 bits per heavy atom. The monoisotopic (exact) mass is 391 g/mol. The lowest BCUT2D eigenvalue weighted by molar-refractivity contribution is 0.0323. The van der Waals surface area contributed by atoms with Gasteiger partial charge in [0, 0.05) is 58.9 Å². The molecule has 2 heterocycles. The molecule has 2 saturated heterocycles. The number of guanidine groups is 1. The molecule has 1 aromatic carbocycles. The van der Waals surface area contributed by atoms with Crippen LogP contribution in [0.4, 0.5) is 10.1 Å². The third-order valence-electron chi connectivity index (χ3n) is 5.33. The molecular formula is C21H34FN5O. The van der Waals surface area contributed by atoms with Crippen molar-refractivity contribution in [1.82, 2.24) is 15.1 Å². The maximum Gasteiger partial charge on any atom is 0.194 e. The van der Waals surface area contributed by atoms with Gasteiger partial charge in [0.25, 0.3) is 0 Å². The van der Waals surface area contributed by atoms with Gasteiger partial charge in [-0.15, -0.1) is 0 Å². The molecular weight excluding hydrogens is 357 g/mol. The first-order chi connectivity index (χ1) is 13.7. The fraction of sp³-hybridized carbons (Fsp3) is 0.667. The minimum atomic E-state index is -0.145. The maximum absolute atomic E-state index is 14.0. The van der Waals surface area contributed by atoms with Gasteiger partial charge in [-0.3, -0.25) is 9.89 Å². The van der Waals surface area contributed by atoms with Crippen molar-refractivity contribution in [3.63, 3.8) is 0 Å². The van der Waals surface area contributed by atoms with Crippen LogP contribution in [0.25, 0.3) is 0 Å². The van der Waals surface area contributed by atoms with Crippen LogP contribution in [0.15, 0.2) is 29.3 Å². The van der Waals surface area contributed by atoms with Gasteiger partial charge in [0.2, 0.25) is 0 Å². The predicted molar refractivity (Wildman–Crippen MR) is 113 cm³/mol. The van der Waals surface area contributed by atoms with Gasteiger partial charge in [0.05, 0.1) is 18.9 Å². The van der Waals surface area contributed by atoms with E-state index in [2.05, 4.69) is 33.9 Å². The molecule has 0 spiro atoms. The van der Waals surface area contributed by atoms with E-state index in [9.17, 15) is 4.39 Å². The molecule has 1 N–H and O–H groups in total. The molecule has 1 atom stereocenters. The minimum absolute atomic E-state index is 0.145. The van der Waals surface area contributed by atoms with Crippen molar-refractivity contribution in [2.24, 2.45) is 10.9 Å². The number of nitrogens with one attached hydrogen (secondary N) is 1. The standard InChI is InChI=1S/C21H34FN5O/c1-3-23-21(24-16-18(2)17-25-12-14-28-15-13-25)27-10-8-26(9-11-27)20-7-5-4-6-19(20)22/h4-7,18H,3,8-17H2,1-2H3,(H,23,24). The highest BCUT2D eigenvalue weighted by Crippen LogP contribution is 2.20. The van der Waals surface area contributed by atoms with E-state index >= 15 is 0 Å². The lowest BCUT2D eigenvalue weighted by atomic mass is 10.1. The average molecular weight is 392 g/mol. The highest BCUT2D eigenvalue weighted by Gasteiger charge is 2.22. The third-order valence-corrected chi connectivity index (χ3v) is 5.33. The number of para-hydroxylation sites is 1. The van der Waals surface area contributed by atoms with Gasteiger partial charge >= 0.3 is 0 Å². The van der Waals surface area contributed by atoms with Gasteiger partial charge in [-0.25, -0.2) is 4.39 Å². The van der Waals surface area contributed by atoms with Gasteiger partial charge in [0.15, 0.2) is 5.96 Å². The molecule has 7 heteroatoms. The van der Waals surface area contributed by atoms with Crippen LogP contribution >= 0.6 is 0 Å². The Balaban J connectivity index is 1.52. The zero-order valence-corrected chi connectivity index (χ0v) is 17.2. The summed E-state index contributed by atoms with van der Waals surface area (Å²) >= 11 is 0. The molecule has 6 nitrogen and oxygen atoms in total. The van der Waals surface area contributed by atoms with Crippen LogP contribution in [0.5, 0.6) is 0 Å². The number of benzene rings is 1. The molecule has 2 aliphatic rings. The molecule has 1 aromatic rings. The molecule has 0 bridgehead atoms. The summed E-state index contributed by atoms with van der Waals surface area (Å²) in [5.41, 5.74) is 0.697. The third kappa shape index (κ3) is 5.82. The summed E-state index contributed by atoms with van der Waals surface area (Å²) in [6, 6.07) is 7.02. The molecule has 0 radical (unpaired) electrons. The number of hydrogen-bond donors (Lipinski definition) is 1. The Kier molecular flexibility index (Phi) is 7.91. The summed E-state index contributed by atoms with van der Waals surface area (Å²) in [5.74, 6) is 1.34. The van der Waals surface area contributed by atoms with E-state index in [-0.39, 0.29) is 5.82 Å². The maximum atomic E-state index is 14.0. The van der Waals surface area contributed by atoms with Gasteiger partial charge in [0.1, 0.15) is 5.82 Å². The molecule has 3 rings (SSSR count). The van der Waals surface area contributed by atoms with Crippen LogP contribution in [-0.4, -0.2) is 87.9 Å². The summed E-state index contributed by atoms with van der Waals surface area (Å²) < 4.78 is 19.5. The van der Waals surface area contributed by atoms with Crippen molar-refractivity contribution in [2.75, 3.05) is 77.0 Å². The summed E-state index contributed by atoms with van der Waals surface area (Å²) in [7, 11) is 0. The Bertz CT molecular complexity index is 627. The van der Waals surface area contributed by atoms with Crippen molar-refractivity contribution in [3.8, 4) is 0 Å². The molecule has 0 saturated carbocycles. The van der Waals surface area contributed by atoms with E-state index in [1.165, 1.54) is 6.07 Å². The molecule has 0 aromatic heterocycles. The quantitative estimate of drug-likeness (QED) is 0.593. The first-order valence-corrected chi connectivity index (χ1v) is 10.5. The topological polar surface area (TPSA) is 43.3 Å². The van der Waals surface area contributed by atoms with E-state index < -0.39 is 0 Å². The van der Waals surface area contributed by atoms with Crippen LogP contribution in [0, 0.1) is 11.7 Å². The zero-order chi connectivity index (χ0) is 19.8. The summed E-state index contributed by atoms with van der Waals surface area (Å²) in [5, 5.41) is 3.43. The highest BCUT2D eigenvalue weighted by molar-refractivity contribution is 5.80. The summed E-state index contributed by atoms with van der Waals surface area (Å²) in [4.78, 5) is 11.8. The van der Waals surface area contributed by atoms with E-state index in [0.717, 1.165) is 78.1 Å². The number of anilines is 1. The van der Waals surface area contributed by atoms with E-state index in [1.54, 1.807) is 6.07 Å². The van der Waals surface area contributed by atoms with Crippen molar-refractivity contribution in [2.45, 2.75) is 13.8 Å². The van der Waals surface area contributed by atoms with E-state index in [1.807, 2.05) is 12.1 Å². The van der Waals surface area contributed by atoms with Crippen molar-refractivity contribution in [1.29, 1.82) is 0 Å². The number of nitrogens with zero attached hydrogens (tertiary/aromatic N) is 4. The Hall–Kier alpha value is -1.86. The first kappa shape index (κ1) is 20.9. The molecule has 156 valence electrons. The predicted octanol–water partition coefficient (Wildman–Crippen LogP) is 1.88. The van der Waals surface area contributed by atoms with Gasteiger partial charge in [-0.1, -0.05) is 19.1 Å². The fourth-order valence-electron chi connectivity index (χ4n) is 3.82. The molecule has 2 fully saturated rings.